The Balaban J connectivity index is 2.44. The van der Waals surface area contributed by atoms with Crippen LogP contribution in [0.3, 0.4) is 0 Å². The fourth-order valence-electron chi connectivity index (χ4n) is 2.71. The van der Waals surface area contributed by atoms with Crippen molar-refractivity contribution in [1.29, 1.82) is 0 Å². The maximum absolute atomic E-state index is 12.8. The van der Waals surface area contributed by atoms with Crippen molar-refractivity contribution in [3.8, 4) is 0 Å². The van der Waals surface area contributed by atoms with Crippen LogP contribution in [0, 0.1) is 0 Å². The molecule has 0 saturated carbocycles. The Morgan fingerprint density at radius 1 is 1.07 bits per heavy atom. The molecule has 2 amide bonds. The number of ether oxygens (including phenoxy) is 2. The Morgan fingerprint density at radius 3 is 2.07 bits per heavy atom. The first-order chi connectivity index (χ1) is 13.0. The van der Waals surface area contributed by atoms with Gasteiger partial charge in [0.15, 0.2) is 0 Å². The average Bonchev–Trinajstić information content (AvgIpc) is 2.85. The fourth-order valence-corrected chi connectivity index (χ4v) is 4.51. The number of fused-ring (bicyclic) bond motifs is 1. The number of carbonyl (C=O) groups is 4. The molecule has 28 heavy (non-hydrogen) atoms. The summed E-state index contributed by atoms with van der Waals surface area (Å²) in [4.78, 5) is 48.8. The second-order valence-electron chi connectivity index (χ2n) is 6.22. The number of hydrogen-bond acceptors (Lipinski definition) is 8. The van der Waals surface area contributed by atoms with E-state index in [0.29, 0.717) is 0 Å². The monoisotopic (exact) mass is 412 g/mol. The molecular weight excluding hydrogens is 392 g/mol. The van der Waals surface area contributed by atoms with Crippen LogP contribution in [0.4, 0.5) is 0 Å². The van der Waals surface area contributed by atoms with Crippen molar-refractivity contribution >= 4 is 33.8 Å². The van der Waals surface area contributed by atoms with Crippen molar-refractivity contribution < 1.29 is 37.1 Å². The zero-order chi connectivity index (χ0) is 21.2. The van der Waals surface area contributed by atoms with E-state index in [1.165, 1.54) is 12.1 Å². The Bertz CT molecular complexity index is 920. The van der Waals surface area contributed by atoms with Gasteiger partial charge in [-0.05, 0) is 32.0 Å². The Labute approximate surface area is 162 Å². The third-order valence-corrected chi connectivity index (χ3v) is 6.05. The van der Waals surface area contributed by atoms with E-state index in [4.69, 9.17) is 0 Å². The molecule has 0 aromatic heterocycles. The van der Waals surface area contributed by atoms with Crippen molar-refractivity contribution in [3.63, 3.8) is 0 Å². The maximum atomic E-state index is 12.8. The number of benzene rings is 1. The number of nitrogens with zero attached hydrogens (tertiary/aromatic N) is 2. The van der Waals surface area contributed by atoms with E-state index < -0.39 is 52.9 Å². The second-order valence-corrected chi connectivity index (χ2v) is 8.01. The van der Waals surface area contributed by atoms with Crippen molar-refractivity contribution in [1.82, 2.24) is 9.21 Å². The number of esters is 2. The number of rotatable bonds is 6. The zero-order valence-corrected chi connectivity index (χ0v) is 16.6. The van der Waals surface area contributed by atoms with Crippen molar-refractivity contribution in [2.75, 3.05) is 27.3 Å². The predicted octanol–water partition coefficient (Wildman–Crippen LogP) is 0.0277. The van der Waals surface area contributed by atoms with Crippen molar-refractivity contribution in [2.24, 2.45) is 0 Å². The van der Waals surface area contributed by atoms with Crippen molar-refractivity contribution in [3.05, 3.63) is 29.3 Å². The summed E-state index contributed by atoms with van der Waals surface area (Å²) in [6.07, 6.45) is 0. The minimum absolute atomic E-state index is 0.0438. The van der Waals surface area contributed by atoms with E-state index in [1.807, 2.05) is 0 Å². The van der Waals surface area contributed by atoms with Gasteiger partial charge in [0.05, 0.1) is 19.8 Å². The molecule has 152 valence electrons. The predicted molar refractivity (Wildman–Crippen MR) is 94.9 cm³/mol. The highest BCUT2D eigenvalue weighted by Crippen LogP contribution is 2.32. The molecule has 1 aliphatic rings. The fraction of sp³-hybridized carbons (Fsp3) is 0.412. The Hall–Kier alpha value is -2.95. The van der Waals surface area contributed by atoms with E-state index in [0.717, 1.165) is 29.5 Å². The van der Waals surface area contributed by atoms with Crippen LogP contribution in [0.25, 0.3) is 0 Å². The molecule has 10 nitrogen and oxygen atoms in total. The van der Waals surface area contributed by atoms with Gasteiger partial charge in [0.2, 0.25) is 0 Å². The molecule has 0 spiro atoms. The highest BCUT2D eigenvalue weighted by molar-refractivity contribution is 7.90. The van der Waals surface area contributed by atoms with E-state index >= 15 is 0 Å². The van der Waals surface area contributed by atoms with Crippen LogP contribution in [-0.2, 0) is 29.1 Å². The zero-order valence-electron chi connectivity index (χ0n) is 15.8. The van der Waals surface area contributed by atoms with Crippen LogP contribution < -0.4 is 0 Å². The molecule has 0 saturated heterocycles. The molecule has 0 atom stereocenters. The van der Waals surface area contributed by atoms with Gasteiger partial charge in [-0.2, -0.15) is 0 Å². The lowest BCUT2D eigenvalue weighted by atomic mass is 10.1. The Kier molecular flexibility index (Phi) is 6.07. The molecule has 0 N–H and O–H groups in total. The average molecular weight is 412 g/mol. The van der Waals surface area contributed by atoms with Gasteiger partial charge < -0.3 is 14.4 Å². The van der Waals surface area contributed by atoms with Gasteiger partial charge in [-0.15, -0.1) is 0 Å². The number of hydrogen-bond donors (Lipinski definition) is 0. The van der Waals surface area contributed by atoms with E-state index in [9.17, 15) is 27.6 Å². The highest BCUT2D eigenvalue weighted by atomic mass is 32.2. The quantitative estimate of drug-likeness (QED) is 0.599. The standard InChI is InChI=1S/C17H20N2O8S/c1-10(2)19-17(23)12-6-5-11(7-13(12)28(19,24)25)16(22)18(8-14(20)26-3)9-15(21)27-4/h5-7,10H,8-9H2,1-4H3. The first kappa shape index (κ1) is 21.4. The third kappa shape index (κ3) is 3.84. The van der Waals surface area contributed by atoms with Crippen LogP contribution in [-0.4, -0.2) is 74.7 Å². The van der Waals surface area contributed by atoms with Gasteiger partial charge >= 0.3 is 11.9 Å². The summed E-state index contributed by atoms with van der Waals surface area (Å²) in [5.41, 5.74) is -0.147. The molecule has 0 bridgehead atoms. The smallest absolute Gasteiger partial charge is 0.325 e. The normalized spacial score (nSPS) is 14.6. The Morgan fingerprint density at radius 2 is 1.61 bits per heavy atom. The molecule has 0 fully saturated rings. The van der Waals surface area contributed by atoms with Gasteiger partial charge in [0, 0.05) is 11.6 Å². The maximum Gasteiger partial charge on any atom is 0.325 e. The summed E-state index contributed by atoms with van der Waals surface area (Å²) >= 11 is 0. The summed E-state index contributed by atoms with van der Waals surface area (Å²) in [5.74, 6) is -3.01. The summed E-state index contributed by atoms with van der Waals surface area (Å²) in [6.45, 7) is 2.04. The first-order valence-electron chi connectivity index (χ1n) is 8.20. The summed E-state index contributed by atoms with van der Waals surface area (Å²) < 4.78 is 35.1. The van der Waals surface area contributed by atoms with Crippen molar-refractivity contribution in [2.45, 2.75) is 24.8 Å². The largest absolute Gasteiger partial charge is 0.468 e. The topological polar surface area (TPSA) is 127 Å². The van der Waals surface area contributed by atoms with E-state index in [-0.39, 0.29) is 16.0 Å². The van der Waals surface area contributed by atoms with Gasteiger partial charge in [0.25, 0.3) is 21.8 Å². The number of methoxy groups -OCH3 is 2. The van der Waals surface area contributed by atoms with Crippen LogP contribution in [0.2, 0.25) is 0 Å². The summed E-state index contributed by atoms with van der Waals surface area (Å²) in [6, 6.07) is 2.97. The lowest BCUT2D eigenvalue weighted by molar-refractivity contribution is -0.144. The number of carbonyl (C=O) groups excluding carboxylic acids is 4. The van der Waals surface area contributed by atoms with Crippen LogP contribution in [0.15, 0.2) is 23.1 Å². The molecule has 2 rings (SSSR count). The first-order valence-corrected chi connectivity index (χ1v) is 9.64. The molecule has 1 aromatic carbocycles. The molecule has 11 heteroatoms. The molecule has 1 heterocycles. The molecule has 1 aliphatic heterocycles. The van der Waals surface area contributed by atoms with Gasteiger partial charge in [-0.1, -0.05) is 0 Å². The van der Waals surface area contributed by atoms with E-state index in [2.05, 4.69) is 9.47 Å². The van der Waals surface area contributed by atoms with Crippen LogP contribution >= 0.6 is 0 Å². The molecule has 1 aromatic rings. The third-order valence-electron chi connectivity index (χ3n) is 4.05. The molecule has 0 unspecified atom stereocenters. The minimum atomic E-state index is -4.10. The second kappa shape index (κ2) is 7.97. The molecular formula is C17H20N2O8S. The van der Waals surface area contributed by atoms with Crippen LogP contribution in [0.1, 0.15) is 34.6 Å². The molecule has 0 radical (unpaired) electrons. The van der Waals surface area contributed by atoms with E-state index in [1.54, 1.807) is 13.8 Å². The van der Waals surface area contributed by atoms with Gasteiger partial charge in [-0.3, -0.25) is 19.2 Å². The molecule has 0 aliphatic carbocycles. The SMILES string of the molecule is COC(=O)CN(CC(=O)OC)C(=O)c1ccc2c(c1)S(=O)(=O)N(C(C)C)C2=O. The lowest BCUT2D eigenvalue weighted by Crippen LogP contribution is -2.40. The highest BCUT2D eigenvalue weighted by Gasteiger charge is 2.43. The van der Waals surface area contributed by atoms with Crippen LogP contribution in [0.5, 0.6) is 0 Å². The van der Waals surface area contributed by atoms with Gasteiger partial charge in [-0.25, -0.2) is 12.7 Å². The lowest BCUT2D eigenvalue weighted by Gasteiger charge is -2.20. The summed E-state index contributed by atoms with van der Waals surface area (Å²) in [5, 5.41) is 0. The number of amides is 2. The minimum Gasteiger partial charge on any atom is -0.468 e. The summed E-state index contributed by atoms with van der Waals surface area (Å²) in [7, 11) is -1.86. The number of sulfonamides is 1. The van der Waals surface area contributed by atoms with Gasteiger partial charge in [0.1, 0.15) is 18.0 Å².